The topological polar surface area (TPSA) is 37.0 Å². The van der Waals surface area contributed by atoms with E-state index in [0.29, 0.717) is 6.04 Å². The van der Waals surface area contributed by atoms with E-state index < -0.39 is 0 Å². The summed E-state index contributed by atoms with van der Waals surface area (Å²) in [4.78, 5) is 4.14. The van der Waals surface area contributed by atoms with Crippen LogP contribution in [-0.2, 0) is 0 Å². The van der Waals surface area contributed by atoms with Gasteiger partial charge in [-0.05, 0) is 27.6 Å². The van der Waals surface area contributed by atoms with Crippen molar-refractivity contribution in [1.29, 1.82) is 0 Å². The molecule has 2 rings (SSSR count). The number of halogens is 2. The molecule has 0 bridgehead atoms. The van der Waals surface area contributed by atoms with Gasteiger partial charge in [0.25, 0.3) is 0 Å². The summed E-state index contributed by atoms with van der Waals surface area (Å²) in [5, 5.41) is 6.79. The van der Waals surface area contributed by atoms with Crippen molar-refractivity contribution in [2.75, 3.05) is 19.6 Å². The molecule has 0 unspecified atom stereocenters. The van der Waals surface area contributed by atoms with Gasteiger partial charge in [0.2, 0.25) is 0 Å². The summed E-state index contributed by atoms with van der Waals surface area (Å²) in [6, 6.07) is 2.51. The molecule has 0 spiro atoms. The molecular weight excluding hydrogens is 265 g/mol. The third-order valence-corrected chi connectivity index (χ3v) is 2.60. The maximum atomic E-state index is 4.14. The first kappa shape index (κ1) is 11.9. The second kappa shape index (κ2) is 5.66. The first-order chi connectivity index (χ1) is 6.36. The van der Waals surface area contributed by atoms with Crippen molar-refractivity contribution in [1.82, 2.24) is 15.6 Å². The van der Waals surface area contributed by atoms with E-state index >= 15 is 0 Å². The van der Waals surface area contributed by atoms with Crippen molar-refractivity contribution in [3.8, 4) is 0 Å². The summed E-state index contributed by atoms with van der Waals surface area (Å²) < 4.78 is 1.04. The summed E-state index contributed by atoms with van der Waals surface area (Å²) in [5.41, 5.74) is 1.24. The molecule has 78 valence electrons. The molecule has 5 heteroatoms. The Morgan fingerprint density at radius 1 is 1.36 bits per heavy atom. The predicted molar refractivity (Wildman–Crippen MR) is 62.8 cm³/mol. The van der Waals surface area contributed by atoms with E-state index in [9.17, 15) is 0 Å². The van der Waals surface area contributed by atoms with Crippen LogP contribution < -0.4 is 10.6 Å². The standard InChI is InChI=1S/C9H12BrN3.ClH/c10-8-3-7(4-12-5-8)9-6-11-1-2-13-9;/h3-5,9,11,13H,1-2,6H2;1H/t9-;/m1./s1. The van der Waals surface area contributed by atoms with Crippen LogP contribution in [0.1, 0.15) is 11.6 Å². The number of hydrogen-bond donors (Lipinski definition) is 2. The predicted octanol–water partition coefficient (Wildman–Crippen LogP) is 1.50. The molecule has 0 aliphatic carbocycles. The average Bonchev–Trinajstić information content (AvgIpc) is 2.19. The van der Waals surface area contributed by atoms with E-state index in [1.165, 1.54) is 5.56 Å². The molecule has 1 aromatic heterocycles. The van der Waals surface area contributed by atoms with Gasteiger partial charge in [-0.2, -0.15) is 0 Å². The Morgan fingerprint density at radius 2 is 2.21 bits per heavy atom. The highest BCUT2D eigenvalue weighted by molar-refractivity contribution is 9.10. The Morgan fingerprint density at radius 3 is 2.86 bits per heavy atom. The number of nitrogens with one attached hydrogen (secondary N) is 2. The Hall–Kier alpha value is -0.160. The summed E-state index contributed by atoms with van der Waals surface area (Å²) in [5.74, 6) is 0. The summed E-state index contributed by atoms with van der Waals surface area (Å²) in [7, 11) is 0. The zero-order valence-electron chi connectivity index (χ0n) is 7.66. The molecule has 0 radical (unpaired) electrons. The fourth-order valence-corrected chi connectivity index (χ4v) is 1.89. The minimum atomic E-state index is 0. The summed E-state index contributed by atoms with van der Waals surface area (Å²) in [6.07, 6.45) is 3.72. The van der Waals surface area contributed by atoms with Crippen molar-refractivity contribution >= 4 is 28.3 Å². The summed E-state index contributed by atoms with van der Waals surface area (Å²) in [6.45, 7) is 3.06. The van der Waals surface area contributed by atoms with Crippen molar-refractivity contribution < 1.29 is 0 Å². The third-order valence-electron chi connectivity index (χ3n) is 2.17. The fourth-order valence-electron chi connectivity index (χ4n) is 1.51. The lowest BCUT2D eigenvalue weighted by Crippen LogP contribution is -2.42. The highest BCUT2D eigenvalue weighted by Crippen LogP contribution is 2.16. The quantitative estimate of drug-likeness (QED) is 0.817. The van der Waals surface area contributed by atoms with Crippen LogP contribution in [0.5, 0.6) is 0 Å². The normalized spacial score (nSPS) is 21.4. The molecule has 2 heterocycles. The molecule has 1 atom stereocenters. The van der Waals surface area contributed by atoms with E-state index in [1.807, 2.05) is 6.20 Å². The zero-order chi connectivity index (χ0) is 9.10. The first-order valence-corrected chi connectivity index (χ1v) is 5.20. The Balaban J connectivity index is 0.000000980. The minimum absolute atomic E-state index is 0. The summed E-state index contributed by atoms with van der Waals surface area (Å²) >= 11 is 3.42. The molecule has 3 nitrogen and oxygen atoms in total. The molecule has 0 saturated carbocycles. The average molecular weight is 279 g/mol. The lowest BCUT2D eigenvalue weighted by Gasteiger charge is -2.24. The molecule has 2 N–H and O–H groups in total. The van der Waals surface area contributed by atoms with Crippen LogP contribution in [0.15, 0.2) is 22.9 Å². The van der Waals surface area contributed by atoms with E-state index in [4.69, 9.17) is 0 Å². The van der Waals surface area contributed by atoms with Crippen LogP contribution in [0.3, 0.4) is 0 Å². The third kappa shape index (κ3) is 2.92. The molecule has 1 saturated heterocycles. The maximum Gasteiger partial charge on any atom is 0.0462 e. The van der Waals surface area contributed by atoms with Gasteiger partial charge in [-0.15, -0.1) is 12.4 Å². The smallest absolute Gasteiger partial charge is 0.0462 e. The van der Waals surface area contributed by atoms with Gasteiger partial charge in [0, 0.05) is 42.5 Å². The van der Waals surface area contributed by atoms with Gasteiger partial charge in [0.15, 0.2) is 0 Å². The van der Waals surface area contributed by atoms with Crippen LogP contribution >= 0.6 is 28.3 Å². The number of piperazine rings is 1. The molecule has 1 fully saturated rings. The Labute approximate surface area is 98.2 Å². The van der Waals surface area contributed by atoms with Gasteiger partial charge in [0.1, 0.15) is 0 Å². The van der Waals surface area contributed by atoms with Crippen LogP contribution in [0.4, 0.5) is 0 Å². The second-order valence-corrected chi connectivity index (χ2v) is 4.06. The highest BCUT2D eigenvalue weighted by Gasteiger charge is 2.14. The molecule has 0 amide bonds. The van der Waals surface area contributed by atoms with Gasteiger partial charge in [-0.1, -0.05) is 0 Å². The number of rotatable bonds is 1. The maximum absolute atomic E-state index is 4.14. The van der Waals surface area contributed by atoms with E-state index in [1.54, 1.807) is 6.20 Å². The fraction of sp³-hybridized carbons (Fsp3) is 0.444. The monoisotopic (exact) mass is 277 g/mol. The lowest BCUT2D eigenvalue weighted by atomic mass is 10.1. The van der Waals surface area contributed by atoms with Crippen molar-refractivity contribution in [2.45, 2.75) is 6.04 Å². The van der Waals surface area contributed by atoms with Crippen LogP contribution in [0.2, 0.25) is 0 Å². The Bertz CT molecular complexity index is 289. The largest absolute Gasteiger partial charge is 0.314 e. The van der Waals surface area contributed by atoms with E-state index in [0.717, 1.165) is 24.1 Å². The van der Waals surface area contributed by atoms with E-state index in [2.05, 4.69) is 37.6 Å². The number of nitrogens with zero attached hydrogens (tertiary/aromatic N) is 1. The van der Waals surface area contributed by atoms with Gasteiger partial charge in [-0.3, -0.25) is 4.98 Å². The van der Waals surface area contributed by atoms with Crippen LogP contribution in [-0.4, -0.2) is 24.6 Å². The van der Waals surface area contributed by atoms with Gasteiger partial charge < -0.3 is 10.6 Å². The molecule has 0 aromatic carbocycles. The molecule has 1 aliphatic rings. The van der Waals surface area contributed by atoms with Gasteiger partial charge in [0.05, 0.1) is 0 Å². The first-order valence-electron chi connectivity index (χ1n) is 4.41. The molecular formula is C9H13BrClN3. The van der Waals surface area contributed by atoms with Crippen molar-refractivity contribution in [3.05, 3.63) is 28.5 Å². The lowest BCUT2D eigenvalue weighted by molar-refractivity contribution is 0.429. The van der Waals surface area contributed by atoms with Crippen molar-refractivity contribution in [3.63, 3.8) is 0 Å². The number of hydrogen-bond acceptors (Lipinski definition) is 3. The molecule has 1 aliphatic heterocycles. The van der Waals surface area contributed by atoms with E-state index in [-0.39, 0.29) is 12.4 Å². The van der Waals surface area contributed by atoms with Crippen LogP contribution in [0.25, 0.3) is 0 Å². The van der Waals surface area contributed by atoms with Gasteiger partial charge >= 0.3 is 0 Å². The van der Waals surface area contributed by atoms with Gasteiger partial charge in [-0.25, -0.2) is 0 Å². The van der Waals surface area contributed by atoms with Crippen molar-refractivity contribution in [2.24, 2.45) is 0 Å². The Kier molecular flexibility index (Phi) is 4.81. The zero-order valence-corrected chi connectivity index (χ0v) is 10.1. The number of pyridine rings is 1. The highest BCUT2D eigenvalue weighted by atomic mass is 79.9. The second-order valence-electron chi connectivity index (χ2n) is 3.15. The molecule has 14 heavy (non-hydrogen) atoms. The van der Waals surface area contributed by atoms with Crippen LogP contribution in [0, 0.1) is 0 Å². The number of aromatic nitrogens is 1. The minimum Gasteiger partial charge on any atom is -0.314 e. The SMILES string of the molecule is Brc1cncc([C@H]2CNCCN2)c1.Cl. The molecule has 1 aromatic rings.